The normalized spacial score (nSPS) is 28.6. The molecule has 0 spiro atoms. The van der Waals surface area contributed by atoms with E-state index in [1.54, 1.807) is 12.1 Å². The largest absolute Gasteiger partial charge is 0.493 e. The number of halogens is 2. The predicted octanol–water partition coefficient (Wildman–Crippen LogP) is 3.55. The lowest BCUT2D eigenvalue weighted by molar-refractivity contribution is -0.123. The van der Waals surface area contributed by atoms with Crippen LogP contribution in [0.25, 0.3) is 0 Å². The third kappa shape index (κ3) is 5.01. The summed E-state index contributed by atoms with van der Waals surface area (Å²) in [4.78, 5) is 12.2. The molecule has 2 fully saturated rings. The van der Waals surface area contributed by atoms with Gasteiger partial charge in [0, 0.05) is 17.1 Å². The first-order chi connectivity index (χ1) is 11.1. The number of hydrogen-bond donors (Lipinski definition) is 2. The zero-order valence-electron chi connectivity index (χ0n) is 13.7. The topological polar surface area (TPSA) is 64.3 Å². The Balaban J connectivity index is 0.00000208. The quantitative estimate of drug-likeness (QED) is 0.830. The molecule has 6 heteroatoms. The number of fused-ring (bicyclic) bond motifs is 2. The molecule has 1 amide bonds. The van der Waals surface area contributed by atoms with E-state index in [0.717, 1.165) is 18.6 Å². The zero-order chi connectivity index (χ0) is 16.2. The molecule has 0 radical (unpaired) electrons. The molecule has 1 aromatic carbocycles. The van der Waals surface area contributed by atoms with Gasteiger partial charge in [-0.3, -0.25) is 4.79 Å². The van der Waals surface area contributed by atoms with Gasteiger partial charge in [0.25, 0.3) is 0 Å². The fourth-order valence-corrected chi connectivity index (χ4v) is 4.20. The summed E-state index contributed by atoms with van der Waals surface area (Å²) in [6, 6.07) is 7.81. The number of benzene rings is 1. The van der Waals surface area contributed by atoms with Gasteiger partial charge in [0.05, 0.1) is 13.0 Å². The van der Waals surface area contributed by atoms with Crippen molar-refractivity contribution < 1.29 is 9.53 Å². The first-order valence-electron chi connectivity index (χ1n) is 8.55. The summed E-state index contributed by atoms with van der Waals surface area (Å²) in [5.41, 5.74) is 6.13. The first kappa shape index (κ1) is 19.4. The molecule has 4 nitrogen and oxygen atoms in total. The maximum Gasteiger partial charge on any atom is 0.223 e. The van der Waals surface area contributed by atoms with Crippen molar-refractivity contribution in [2.24, 2.45) is 17.6 Å². The van der Waals surface area contributed by atoms with Crippen LogP contribution in [-0.4, -0.2) is 24.6 Å². The molecular formula is C18H26Cl2N2O2. The number of nitrogens with two attached hydrogens (primary N) is 1. The van der Waals surface area contributed by atoms with Crippen LogP contribution in [0.3, 0.4) is 0 Å². The van der Waals surface area contributed by atoms with E-state index >= 15 is 0 Å². The van der Waals surface area contributed by atoms with Gasteiger partial charge in [-0.05, 0) is 61.8 Å². The highest BCUT2D eigenvalue weighted by molar-refractivity contribution is 6.30. The van der Waals surface area contributed by atoms with Crippen molar-refractivity contribution >= 4 is 29.9 Å². The van der Waals surface area contributed by atoms with Crippen LogP contribution in [0.15, 0.2) is 24.3 Å². The lowest BCUT2D eigenvalue weighted by Gasteiger charge is -2.45. The lowest BCUT2D eigenvalue weighted by atomic mass is 9.67. The molecule has 3 N–H and O–H groups in total. The van der Waals surface area contributed by atoms with E-state index in [2.05, 4.69) is 5.32 Å². The van der Waals surface area contributed by atoms with Gasteiger partial charge in [0.1, 0.15) is 5.75 Å². The average Bonchev–Trinajstić information content (AvgIpc) is 2.50. The number of hydrogen-bond acceptors (Lipinski definition) is 3. The first-order valence-corrected chi connectivity index (χ1v) is 8.93. The predicted molar refractivity (Wildman–Crippen MR) is 98.8 cm³/mol. The van der Waals surface area contributed by atoms with E-state index in [1.807, 2.05) is 12.1 Å². The zero-order valence-corrected chi connectivity index (χ0v) is 15.3. The van der Waals surface area contributed by atoms with E-state index in [1.165, 1.54) is 19.3 Å². The van der Waals surface area contributed by atoms with E-state index in [9.17, 15) is 4.79 Å². The molecule has 24 heavy (non-hydrogen) atoms. The second kappa shape index (κ2) is 8.93. The maximum absolute atomic E-state index is 12.2. The smallest absolute Gasteiger partial charge is 0.223 e. The maximum atomic E-state index is 12.2. The van der Waals surface area contributed by atoms with Crippen molar-refractivity contribution in [1.29, 1.82) is 0 Å². The summed E-state index contributed by atoms with van der Waals surface area (Å²) in [6.07, 6.45) is 6.12. The van der Waals surface area contributed by atoms with E-state index < -0.39 is 0 Å². The summed E-state index contributed by atoms with van der Waals surface area (Å²) in [5.74, 6) is 1.93. The minimum absolute atomic E-state index is 0. The highest BCUT2D eigenvalue weighted by atomic mass is 35.5. The van der Waals surface area contributed by atoms with Crippen molar-refractivity contribution in [3.8, 4) is 5.75 Å². The Morgan fingerprint density at radius 1 is 1.21 bits per heavy atom. The van der Waals surface area contributed by atoms with Crippen molar-refractivity contribution in [1.82, 2.24) is 5.32 Å². The van der Waals surface area contributed by atoms with Crippen molar-refractivity contribution in [3.05, 3.63) is 29.3 Å². The fourth-order valence-electron chi connectivity index (χ4n) is 4.08. The molecule has 134 valence electrons. The highest BCUT2D eigenvalue weighted by Crippen LogP contribution is 2.39. The van der Waals surface area contributed by atoms with Crippen molar-refractivity contribution in [3.63, 3.8) is 0 Å². The van der Waals surface area contributed by atoms with Gasteiger partial charge in [-0.2, -0.15) is 0 Å². The summed E-state index contributed by atoms with van der Waals surface area (Å²) >= 11 is 5.83. The van der Waals surface area contributed by atoms with Crippen molar-refractivity contribution in [2.45, 2.75) is 50.6 Å². The third-order valence-corrected chi connectivity index (χ3v) is 5.37. The van der Waals surface area contributed by atoms with Crippen LogP contribution in [0, 0.1) is 11.8 Å². The summed E-state index contributed by atoms with van der Waals surface area (Å²) in [6.45, 7) is 0.384. The molecule has 2 bridgehead atoms. The number of ether oxygens (including phenoxy) is 1. The van der Waals surface area contributed by atoms with Crippen LogP contribution in [0.5, 0.6) is 5.75 Å². The van der Waals surface area contributed by atoms with Gasteiger partial charge < -0.3 is 15.8 Å². The Morgan fingerprint density at radius 3 is 2.46 bits per heavy atom. The minimum Gasteiger partial charge on any atom is -0.493 e. The summed E-state index contributed by atoms with van der Waals surface area (Å²) < 4.78 is 5.59. The van der Waals surface area contributed by atoms with Crippen LogP contribution in [0.4, 0.5) is 0 Å². The molecule has 2 unspecified atom stereocenters. The monoisotopic (exact) mass is 372 g/mol. The van der Waals surface area contributed by atoms with E-state index in [0.29, 0.717) is 42.0 Å². The fraction of sp³-hybridized carbons (Fsp3) is 0.611. The highest BCUT2D eigenvalue weighted by Gasteiger charge is 2.39. The van der Waals surface area contributed by atoms with Crippen LogP contribution in [-0.2, 0) is 4.79 Å². The standard InChI is InChI=1S/C18H25ClN2O2.ClH/c19-14-4-6-16(7-5-14)23-9-8-17(22)21-18-12-2-1-3-13(18)11-15(20)10-12;/h4-7,12-13,15,18H,1-3,8-11,20H2,(H,21,22);1H. The molecular weight excluding hydrogens is 347 g/mol. The van der Waals surface area contributed by atoms with Crippen LogP contribution < -0.4 is 15.8 Å². The average molecular weight is 373 g/mol. The number of carbonyl (C=O) groups is 1. The van der Waals surface area contributed by atoms with Crippen LogP contribution in [0.2, 0.25) is 5.02 Å². The second-order valence-electron chi connectivity index (χ2n) is 6.83. The summed E-state index contributed by atoms with van der Waals surface area (Å²) in [7, 11) is 0. The number of carbonyl (C=O) groups excluding carboxylic acids is 1. The van der Waals surface area contributed by atoms with E-state index in [4.69, 9.17) is 22.1 Å². The summed E-state index contributed by atoms with van der Waals surface area (Å²) in [5, 5.41) is 3.92. The van der Waals surface area contributed by atoms with Crippen LogP contribution >= 0.6 is 24.0 Å². The lowest BCUT2D eigenvalue weighted by Crippen LogP contribution is -2.53. The molecule has 2 aliphatic carbocycles. The minimum atomic E-state index is 0. The van der Waals surface area contributed by atoms with E-state index in [-0.39, 0.29) is 18.3 Å². The van der Waals surface area contributed by atoms with Crippen molar-refractivity contribution in [2.75, 3.05) is 6.61 Å². The van der Waals surface area contributed by atoms with Gasteiger partial charge in [0.2, 0.25) is 5.91 Å². The second-order valence-corrected chi connectivity index (χ2v) is 7.26. The van der Waals surface area contributed by atoms with Gasteiger partial charge >= 0.3 is 0 Å². The molecule has 0 heterocycles. The molecule has 3 rings (SSSR count). The van der Waals surface area contributed by atoms with Gasteiger partial charge in [-0.1, -0.05) is 18.0 Å². The SMILES string of the molecule is Cl.NC1CC2CCCC(C1)C2NC(=O)CCOc1ccc(Cl)cc1. The number of amides is 1. The Bertz CT molecular complexity index is 524. The Labute approximate surface area is 154 Å². The molecule has 2 aliphatic rings. The Morgan fingerprint density at radius 2 is 1.83 bits per heavy atom. The van der Waals surface area contributed by atoms with Gasteiger partial charge in [-0.15, -0.1) is 12.4 Å². The molecule has 0 saturated heterocycles. The Hall–Kier alpha value is -0.970. The number of rotatable bonds is 5. The molecule has 0 aliphatic heterocycles. The molecule has 2 atom stereocenters. The van der Waals surface area contributed by atoms with Gasteiger partial charge in [0.15, 0.2) is 0 Å². The van der Waals surface area contributed by atoms with Crippen LogP contribution in [0.1, 0.15) is 38.5 Å². The molecule has 0 aromatic heterocycles. The molecule has 2 saturated carbocycles. The molecule has 1 aromatic rings. The Kier molecular flexibility index (Phi) is 7.20. The number of nitrogens with one attached hydrogen (secondary N) is 1. The third-order valence-electron chi connectivity index (χ3n) is 5.12. The van der Waals surface area contributed by atoms with Gasteiger partial charge in [-0.25, -0.2) is 0 Å².